The van der Waals surface area contributed by atoms with Gasteiger partial charge < -0.3 is 4.90 Å². The number of amides is 1. The number of likely N-dealkylation sites (tertiary alicyclic amines) is 1. The molecule has 154 valence electrons. The van der Waals surface area contributed by atoms with Crippen LogP contribution in [-0.4, -0.2) is 44.1 Å². The lowest BCUT2D eigenvalue weighted by Crippen LogP contribution is -2.58. The summed E-state index contributed by atoms with van der Waals surface area (Å²) in [5, 5.41) is 0. The first-order chi connectivity index (χ1) is 13.9. The fourth-order valence-corrected chi connectivity index (χ4v) is 5.14. The molecule has 2 aliphatic rings. The van der Waals surface area contributed by atoms with E-state index in [1.807, 2.05) is 29.2 Å². The second-order valence-corrected chi connectivity index (χ2v) is 10.1. The summed E-state index contributed by atoms with van der Waals surface area (Å²) in [7, 11) is -3.34. The molecular formula is C23H28N2O3S. The number of sulfonamides is 1. The van der Waals surface area contributed by atoms with Crippen LogP contribution in [0.25, 0.3) is 11.1 Å². The van der Waals surface area contributed by atoms with Crippen molar-refractivity contribution in [3.63, 3.8) is 0 Å². The summed E-state index contributed by atoms with van der Waals surface area (Å²) in [6.07, 6.45) is 5.33. The van der Waals surface area contributed by atoms with Gasteiger partial charge in [0.1, 0.15) is 0 Å². The lowest BCUT2D eigenvalue weighted by molar-refractivity contribution is -0.136. The average molecular weight is 413 g/mol. The van der Waals surface area contributed by atoms with Crippen LogP contribution in [0.4, 0.5) is 0 Å². The zero-order valence-electron chi connectivity index (χ0n) is 16.8. The normalized spacial score (nSPS) is 22.4. The molecule has 1 saturated heterocycles. The van der Waals surface area contributed by atoms with E-state index >= 15 is 0 Å². The summed E-state index contributed by atoms with van der Waals surface area (Å²) in [5.74, 6) is 0.319. The SMILES string of the molecule is CS(=O)(=O)NC1CCCN(C(=O)C2CC2)C1Cc1cccc(-c2ccccc2)c1. The zero-order chi connectivity index (χ0) is 20.4. The molecule has 2 atom stereocenters. The molecule has 29 heavy (non-hydrogen) atoms. The number of hydrogen-bond donors (Lipinski definition) is 1. The molecular weight excluding hydrogens is 384 g/mol. The molecule has 1 heterocycles. The lowest BCUT2D eigenvalue weighted by Gasteiger charge is -2.41. The molecule has 2 unspecified atom stereocenters. The minimum atomic E-state index is -3.34. The number of nitrogens with zero attached hydrogens (tertiary/aromatic N) is 1. The predicted octanol–water partition coefficient (Wildman–Crippen LogP) is 3.21. The Morgan fingerprint density at radius 2 is 1.76 bits per heavy atom. The van der Waals surface area contributed by atoms with Gasteiger partial charge in [-0.2, -0.15) is 0 Å². The van der Waals surface area contributed by atoms with Crippen molar-refractivity contribution in [2.24, 2.45) is 5.92 Å². The Labute approximate surface area is 173 Å². The summed E-state index contributed by atoms with van der Waals surface area (Å²) >= 11 is 0. The maximum absolute atomic E-state index is 12.9. The first-order valence-electron chi connectivity index (χ1n) is 10.3. The molecule has 6 heteroatoms. The van der Waals surface area contributed by atoms with Gasteiger partial charge in [-0.15, -0.1) is 0 Å². The molecule has 1 amide bonds. The van der Waals surface area contributed by atoms with Gasteiger partial charge in [-0.1, -0.05) is 54.6 Å². The van der Waals surface area contributed by atoms with E-state index < -0.39 is 10.0 Å². The molecule has 2 aromatic carbocycles. The number of benzene rings is 2. The number of carbonyl (C=O) groups is 1. The first kappa shape index (κ1) is 20.1. The van der Waals surface area contributed by atoms with Crippen LogP contribution in [0.2, 0.25) is 0 Å². The summed E-state index contributed by atoms with van der Waals surface area (Å²) in [6, 6.07) is 18.1. The van der Waals surface area contributed by atoms with Crippen LogP contribution < -0.4 is 4.72 Å². The van der Waals surface area contributed by atoms with Crippen LogP contribution in [0.5, 0.6) is 0 Å². The molecule has 0 radical (unpaired) electrons. The average Bonchev–Trinajstić information content (AvgIpc) is 3.54. The third-order valence-electron chi connectivity index (χ3n) is 5.83. The van der Waals surface area contributed by atoms with E-state index in [1.165, 1.54) is 6.26 Å². The van der Waals surface area contributed by atoms with Gasteiger partial charge >= 0.3 is 0 Å². The van der Waals surface area contributed by atoms with Gasteiger partial charge in [0.15, 0.2) is 0 Å². The maximum atomic E-state index is 12.9. The summed E-state index contributed by atoms with van der Waals surface area (Å²) in [6.45, 7) is 0.709. The Bertz CT molecular complexity index is 971. The van der Waals surface area contributed by atoms with Crippen molar-refractivity contribution < 1.29 is 13.2 Å². The molecule has 4 rings (SSSR count). The van der Waals surface area contributed by atoms with Gasteiger partial charge in [-0.25, -0.2) is 13.1 Å². The molecule has 0 bridgehead atoms. The quantitative estimate of drug-likeness (QED) is 0.792. The summed E-state index contributed by atoms with van der Waals surface area (Å²) in [5.41, 5.74) is 3.40. The number of carbonyl (C=O) groups excluding carboxylic acids is 1. The fraction of sp³-hybridized carbons (Fsp3) is 0.435. The highest BCUT2D eigenvalue weighted by Crippen LogP contribution is 2.34. The molecule has 1 saturated carbocycles. The summed E-state index contributed by atoms with van der Waals surface area (Å²) in [4.78, 5) is 14.9. The highest BCUT2D eigenvalue weighted by Gasteiger charge is 2.41. The fourth-order valence-electron chi connectivity index (χ4n) is 4.31. The molecule has 1 aliphatic heterocycles. The second-order valence-electron chi connectivity index (χ2n) is 8.28. The van der Waals surface area contributed by atoms with E-state index in [4.69, 9.17) is 0 Å². The van der Waals surface area contributed by atoms with E-state index in [9.17, 15) is 13.2 Å². The number of nitrogens with one attached hydrogen (secondary N) is 1. The van der Waals surface area contributed by atoms with Crippen LogP contribution in [-0.2, 0) is 21.2 Å². The molecule has 2 fully saturated rings. The van der Waals surface area contributed by atoms with Gasteiger partial charge in [-0.3, -0.25) is 4.79 Å². The molecule has 1 N–H and O–H groups in total. The minimum Gasteiger partial charge on any atom is -0.338 e. The Morgan fingerprint density at radius 1 is 1.03 bits per heavy atom. The van der Waals surface area contributed by atoms with Crippen LogP contribution in [0.15, 0.2) is 54.6 Å². The third kappa shape index (κ3) is 5.06. The van der Waals surface area contributed by atoms with Gasteiger partial charge in [0, 0.05) is 18.5 Å². The Balaban J connectivity index is 1.61. The topological polar surface area (TPSA) is 66.5 Å². The van der Waals surface area contributed by atoms with Crippen molar-refractivity contribution in [2.45, 2.75) is 44.2 Å². The number of rotatable bonds is 6. The highest BCUT2D eigenvalue weighted by molar-refractivity contribution is 7.88. The van der Waals surface area contributed by atoms with Crippen molar-refractivity contribution in [2.75, 3.05) is 12.8 Å². The second kappa shape index (κ2) is 8.28. The largest absolute Gasteiger partial charge is 0.338 e. The van der Waals surface area contributed by atoms with Crippen molar-refractivity contribution >= 4 is 15.9 Å². The van der Waals surface area contributed by atoms with Crippen LogP contribution >= 0.6 is 0 Å². The standard InChI is InChI=1S/C23H28N2O3S/c1-29(27,28)24-21-11-6-14-25(23(26)19-12-13-19)22(21)16-17-7-5-10-20(15-17)18-8-3-2-4-9-18/h2-5,7-10,15,19,21-22,24H,6,11-14,16H2,1H3. The number of piperidine rings is 1. The predicted molar refractivity (Wildman–Crippen MR) is 115 cm³/mol. The smallest absolute Gasteiger partial charge is 0.225 e. The molecule has 0 spiro atoms. The summed E-state index contributed by atoms with van der Waals surface area (Å²) < 4.78 is 26.7. The van der Waals surface area contributed by atoms with E-state index in [2.05, 4.69) is 35.1 Å². The lowest BCUT2D eigenvalue weighted by atomic mass is 9.90. The third-order valence-corrected chi connectivity index (χ3v) is 6.56. The molecule has 0 aromatic heterocycles. The van der Waals surface area contributed by atoms with Crippen molar-refractivity contribution in [1.29, 1.82) is 0 Å². The Kier molecular flexibility index (Phi) is 5.74. The highest BCUT2D eigenvalue weighted by atomic mass is 32.2. The van der Waals surface area contributed by atoms with Gasteiger partial charge in [0.2, 0.25) is 15.9 Å². The van der Waals surface area contributed by atoms with Gasteiger partial charge in [0.25, 0.3) is 0 Å². The Morgan fingerprint density at radius 3 is 2.45 bits per heavy atom. The van der Waals surface area contributed by atoms with E-state index in [-0.39, 0.29) is 23.9 Å². The van der Waals surface area contributed by atoms with Gasteiger partial charge in [0.05, 0.1) is 12.3 Å². The van der Waals surface area contributed by atoms with E-state index in [0.717, 1.165) is 42.4 Å². The van der Waals surface area contributed by atoms with Crippen molar-refractivity contribution in [3.8, 4) is 11.1 Å². The van der Waals surface area contributed by atoms with Crippen LogP contribution in [0.3, 0.4) is 0 Å². The molecule has 2 aromatic rings. The van der Waals surface area contributed by atoms with Crippen molar-refractivity contribution in [1.82, 2.24) is 9.62 Å². The Hall–Kier alpha value is -2.18. The first-order valence-corrected chi connectivity index (χ1v) is 12.2. The van der Waals surface area contributed by atoms with Crippen LogP contribution in [0.1, 0.15) is 31.2 Å². The van der Waals surface area contributed by atoms with Crippen LogP contribution in [0, 0.1) is 5.92 Å². The van der Waals surface area contributed by atoms with E-state index in [0.29, 0.717) is 13.0 Å². The van der Waals surface area contributed by atoms with Crippen molar-refractivity contribution in [3.05, 3.63) is 60.2 Å². The van der Waals surface area contributed by atoms with Gasteiger partial charge in [-0.05, 0) is 48.8 Å². The van der Waals surface area contributed by atoms with E-state index in [1.54, 1.807) is 0 Å². The molecule has 1 aliphatic carbocycles. The monoisotopic (exact) mass is 412 g/mol. The molecule has 5 nitrogen and oxygen atoms in total. The number of hydrogen-bond acceptors (Lipinski definition) is 3. The maximum Gasteiger partial charge on any atom is 0.225 e. The minimum absolute atomic E-state index is 0.130. The zero-order valence-corrected chi connectivity index (χ0v) is 17.6.